The largest absolute Gasteiger partial charge is 0.389 e. The van der Waals surface area contributed by atoms with Crippen LogP contribution in [0.1, 0.15) is 20.8 Å². The number of fused-ring (bicyclic) bond motifs is 1. The van der Waals surface area contributed by atoms with E-state index in [0.29, 0.717) is 6.29 Å². The van der Waals surface area contributed by atoms with Crippen molar-refractivity contribution in [3.63, 3.8) is 0 Å². The normalized spacial score (nSPS) is 42.9. The van der Waals surface area contributed by atoms with Crippen LogP contribution >= 0.6 is 0 Å². The molecule has 5 nitrogen and oxygen atoms in total. The van der Waals surface area contributed by atoms with Gasteiger partial charge in [-0.3, -0.25) is 4.79 Å². The molecular weight excluding hydrogens is 210 g/mol. The van der Waals surface area contributed by atoms with Crippen molar-refractivity contribution in [2.24, 2.45) is 11.8 Å². The van der Waals surface area contributed by atoms with Gasteiger partial charge in [-0.05, 0) is 5.92 Å². The Balaban J connectivity index is 2.46. The van der Waals surface area contributed by atoms with Crippen molar-refractivity contribution in [1.29, 1.82) is 0 Å². The molecule has 16 heavy (non-hydrogen) atoms. The molecule has 0 spiro atoms. The van der Waals surface area contributed by atoms with Crippen LogP contribution in [0.5, 0.6) is 0 Å². The number of rotatable bonds is 2. The summed E-state index contributed by atoms with van der Waals surface area (Å²) in [6.45, 7) is 5.58. The minimum Gasteiger partial charge on any atom is -0.389 e. The maximum absolute atomic E-state index is 11.9. The lowest BCUT2D eigenvalue weighted by Gasteiger charge is -2.34. The Bertz CT molecular complexity index is 330. The number of hydrogen-bond acceptors (Lipinski definition) is 4. The minimum atomic E-state index is -1.18. The second-order valence-electron chi connectivity index (χ2n) is 4.97. The van der Waals surface area contributed by atoms with Gasteiger partial charge >= 0.3 is 0 Å². The second-order valence-corrected chi connectivity index (χ2v) is 4.97. The van der Waals surface area contributed by atoms with Crippen LogP contribution in [-0.4, -0.2) is 46.7 Å². The predicted octanol–water partition coefficient (Wildman–Crippen LogP) is -0.224. The Morgan fingerprint density at radius 3 is 2.75 bits per heavy atom. The Morgan fingerprint density at radius 2 is 2.25 bits per heavy atom. The van der Waals surface area contributed by atoms with Crippen molar-refractivity contribution < 1.29 is 19.4 Å². The summed E-state index contributed by atoms with van der Waals surface area (Å²) in [5.74, 6) is -0.666. The number of carbonyl (C=O) groups excluding carboxylic acids is 2. The molecule has 0 aliphatic carbocycles. The van der Waals surface area contributed by atoms with E-state index in [9.17, 15) is 14.7 Å². The highest BCUT2D eigenvalue weighted by Gasteiger charge is 2.65. The van der Waals surface area contributed by atoms with E-state index in [1.165, 1.54) is 4.90 Å². The standard InChI is InChI=1S/C11H17NO4/c1-6(2)9-11(4-13)8(14)7(3)10(15)12(11)5-16-9/h4,6-9,14H,5H2,1-3H3/t7-,8+,9+,11-/m1/s1. The van der Waals surface area contributed by atoms with E-state index in [2.05, 4.69) is 0 Å². The fourth-order valence-corrected chi connectivity index (χ4v) is 2.84. The average molecular weight is 227 g/mol. The highest BCUT2D eigenvalue weighted by Crippen LogP contribution is 2.43. The van der Waals surface area contributed by atoms with E-state index in [1.54, 1.807) is 6.92 Å². The van der Waals surface area contributed by atoms with Gasteiger partial charge in [0.25, 0.3) is 0 Å². The maximum Gasteiger partial charge on any atom is 0.230 e. The van der Waals surface area contributed by atoms with Gasteiger partial charge in [0.1, 0.15) is 6.73 Å². The number of ether oxygens (including phenoxy) is 1. The lowest BCUT2D eigenvalue weighted by atomic mass is 9.81. The summed E-state index contributed by atoms with van der Waals surface area (Å²) in [5.41, 5.74) is -1.18. The van der Waals surface area contributed by atoms with Gasteiger partial charge < -0.3 is 19.5 Å². The molecule has 2 fully saturated rings. The van der Waals surface area contributed by atoms with Crippen LogP contribution < -0.4 is 0 Å². The van der Waals surface area contributed by atoms with Crippen molar-refractivity contribution >= 4 is 12.2 Å². The molecule has 2 heterocycles. The molecule has 0 radical (unpaired) electrons. The Labute approximate surface area is 94.4 Å². The van der Waals surface area contributed by atoms with E-state index < -0.39 is 23.7 Å². The van der Waals surface area contributed by atoms with Crippen LogP contribution in [0.25, 0.3) is 0 Å². The number of amides is 1. The van der Waals surface area contributed by atoms with Crippen molar-refractivity contribution in [1.82, 2.24) is 4.90 Å². The lowest BCUT2D eigenvalue weighted by molar-refractivity contribution is -0.135. The molecule has 0 unspecified atom stereocenters. The number of aliphatic hydroxyl groups excluding tert-OH is 1. The SMILES string of the molecule is CC(C)[C@@H]1OCN2C(=O)[C@H](C)[C@H](O)[C@]12C=O. The number of hydrogen-bond donors (Lipinski definition) is 1. The van der Waals surface area contributed by atoms with Crippen LogP contribution in [0.2, 0.25) is 0 Å². The van der Waals surface area contributed by atoms with Crippen molar-refractivity contribution in [3.8, 4) is 0 Å². The van der Waals surface area contributed by atoms with Crippen LogP contribution in [0.3, 0.4) is 0 Å². The molecule has 2 saturated heterocycles. The number of carbonyl (C=O) groups is 2. The zero-order valence-corrected chi connectivity index (χ0v) is 9.71. The lowest BCUT2D eigenvalue weighted by Crippen LogP contribution is -2.57. The van der Waals surface area contributed by atoms with Gasteiger partial charge in [-0.1, -0.05) is 20.8 Å². The van der Waals surface area contributed by atoms with E-state index in [4.69, 9.17) is 4.74 Å². The minimum absolute atomic E-state index is 0.0722. The molecule has 0 aromatic rings. The molecule has 2 aliphatic rings. The highest BCUT2D eigenvalue weighted by atomic mass is 16.5. The first-order chi connectivity index (χ1) is 7.46. The number of aliphatic hydroxyl groups is 1. The van der Waals surface area contributed by atoms with Gasteiger partial charge in [-0.2, -0.15) is 0 Å². The molecule has 2 aliphatic heterocycles. The van der Waals surface area contributed by atoms with E-state index in [0.717, 1.165) is 0 Å². The maximum atomic E-state index is 11.9. The molecule has 0 saturated carbocycles. The third kappa shape index (κ3) is 1.13. The molecular formula is C11H17NO4. The molecule has 0 bridgehead atoms. The number of aldehydes is 1. The third-order valence-corrected chi connectivity index (χ3v) is 3.70. The van der Waals surface area contributed by atoms with Gasteiger partial charge in [0.2, 0.25) is 5.91 Å². The fraction of sp³-hybridized carbons (Fsp3) is 0.818. The van der Waals surface area contributed by atoms with Crippen molar-refractivity contribution in [2.45, 2.75) is 38.5 Å². The molecule has 90 valence electrons. The quantitative estimate of drug-likeness (QED) is 0.662. The zero-order chi connectivity index (χ0) is 12.1. The van der Waals surface area contributed by atoms with Gasteiger partial charge in [0.15, 0.2) is 11.8 Å². The summed E-state index contributed by atoms with van der Waals surface area (Å²) >= 11 is 0. The van der Waals surface area contributed by atoms with Crippen LogP contribution in [-0.2, 0) is 14.3 Å². The Hall–Kier alpha value is -0.940. The molecule has 0 aromatic heterocycles. The average Bonchev–Trinajstić information content (AvgIpc) is 2.72. The van der Waals surface area contributed by atoms with Gasteiger partial charge in [0, 0.05) is 0 Å². The summed E-state index contributed by atoms with van der Waals surface area (Å²) < 4.78 is 5.48. The number of nitrogens with zero attached hydrogens (tertiary/aromatic N) is 1. The van der Waals surface area contributed by atoms with E-state index >= 15 is 0 Å². The van der Waals surface area contributed by atoms with Crippen LogP contribution in [0.4, 0.5) is 0 Å². The Kier molecular flexibility index (Phi) is 2.55. The molecule has 0 aromatic carbocycles. The van der Waals surface area contributed by atoms with Crippen molar-refractivity contribution in [3.05, 3.63) is 0 Å². The van der Waals surface area contributed by atoms with E-state index in [1.807, 2.05) is 13.8 Å². The molecule has 1 N–H and O–H groups in total. The van der Waals surface area contributed by atoms with Gasteiger partial charge in [-0.15, -0.1) is 0 Å². The van der Waals surface area contributed by atoms with Crippen LogP contribution in [0, 0.1) is 11.8 Å². The summed E-state index contributed by atoms with van der Waals surface area (Å²) in [6, 6.07) is 0. The smallest absolute Gasteiger partial charge is 0.230 e. The fourth-order valence-electron chi connectivity index (χ4n) is 2.84. The first-order valence-corrected chi connectivity index (χ1v) is 5.54. The first kappa shape index (κ1) is 11.5. The zero-order valence-electron chi connectivity index (χ0n) is 9.71. The van der Waals surface area contributed by atoms with Crippen LogP contribution in [0.15, 0.2) is 0 Å². The van der Waals surface area contributed by atoms with Gasteiger partial charge in [0.05, 0.1) is 18.1 Å². The predicted molar refractivity (Wildman–Crippen MR) is 55.4 cm³/mol. The molecule has 2 rings (SSSR count). The summed E-state index contributed by atoms with van der Waals surface area (Å²) in [6.07, 6.45) is -0.724. The Morgan fingerprint density at radius 1 is 1.62 bits per heavy atom. The molecule has 1 amide bonds. The van der Waals surface area contributed by atoms with Crippen molar-refractivity contribution in [2.75, 3.05) is 6.73 Å². The molecule has 5 heteroatoms. The monoisotopic (exact) mass is 227 g/mol. The summed E-state index contributed by atoms with van der Waals surface area (Å²) in [7, 11) is 0. The summed E-state index contributed by atoms with van der Waals surface area (Å²) in [5, 5.41) is 10.1. The topological polar surface area (TPSA) is 66.8 Å². The second kappa shape index (κ2) is 3.53. The van der Waals surface area contributed by atoms with E-state index in [-0.39, 0.29) is 18.6 Å². The summed E-state index contributed by atoms with van der Waals surface area (Å²) in [4.78, 5) is 24.6. The highest BCUT2D eigenvalue weighted by molar-refractivity contribution is 5.90. The first-order valence-electron chi connectivity index (χ1n) is 5.54. The molecule has 4 atom stereocenters. The third-order valence-electron chi connectivity index (χ3n) is 3.70. The van der Waals surface area contributed by atoms with Gasteiger partial charge in [-0.25, -0.2) is 0 Å².